The number of nitrogens with zero attached hydrogens (tertiary/aromatic N) is 3. The Hall–Kier alpha value is -1.06. The zero-order chi connectivity index (χ0) is 19.1. The zero-order valence-electron chi connectivity index (χ0n) is 17.4. The minimum absolute atomic E-state index is 0. The lowest BCUT2D eigenvalue weighted by Gasteiger charge is -2.39. The lowest BCUT2D eigenvalue weighted by Crippen LogP contribution is -2.53. The Morgan fingerprint density at radius 2 is 1.93 bits per heavy atom. The molecular weight excluding hydrogens is 467 g/mol. The van der Waals surface area contributed by atoms with Crippen molar-refractivity contribution in [3.8, 4) is 0 Å². The van der Waals surface area contributed by atoms with Gasteiger partial charge in [-0.2, -0.15) is 0 Å². The van der Waals surface area contributed by atoms with Crippen LogP contribution in [0.3, 0.4) is 0 Å². The fraction of sp³-hybridized carbons (Fsp3) is 0.667. The third kappa shape index (κ3) is 5.97. The maximum absolute atomic E-state index is 5.84. The summed E-state index contributed by atoms with van der Waals surface area (Å²) in [4.78, 5) is 9.78. The molecule has 158 valence electrons. The van der Waals surface area contributed by atoms with Crippen LogP contribution >= 0.6 is 24.0 Å². The molecule has 28 heavy (non-hydrogen) atoms. The molecule has 2 saturated heterocycles. The number of methoxy groups -OCH3 is 1. The van der Waals surface area contributed by atoms with Gasteiger partial charge in [0.15, 0.2) is 5.96 Å². The molecule has 6 nitrogen and oxygen atoms in total. The number of benzene rings is 1. The van der Waals surface area contributed by atoms with Crippen LogP contribution in [0.4, 0.5) is 5.69 Å². The molecule has 0 atom stereocenters. The predicted molar refractivity (Wildman–Crippen MR) is 126 cm³/mol. The minimum Gasteiger partial charge on any atom is -0.381 e. The summed E-state index contributed by atoms with van der Waals surface area (Å²) in [6.07, 6.45) is 1.82. The van der Waals surface area contributed by atoms with Crippen LogP contribution in [0, 0.1) is 6.92 Å². The molecule has 7 heteroatoms. The largest absolute Gasteiger partial charge is 0.381 e. The lowest BCUT2D eigenvalue weighted by molar-refractivity contribution is -0.0829. The number of aryl methyl sites for hydroxylation is 1. The molecule has 0 unspecified atom stereocenters. The third-order valence-electron chi connectivity index (χ3n) is 5.63. The fourth-order valence-corrected chi connectivity index (χ4v) is 3.82. The average Bonchev–Trinajstić information content (AvgIpc) is 2.72. The Kier molecular flexibility index (Phi) is 9.30. The van der Waals surface area contributed by atoms with Gasteiger partial charge in [-0.05, 0) is 31.5 Å². The summed E-state index contributed by atoms with van der Waals surface area (Å²) < 4.78 is 11.3. The summed E-state index contributed by atoms with van der Waals surface area (Å²) in [5, 5.41) is 3.47. The molecule has 1 aromatic carbocycles. The van der Waals surface area contributed by atoms with Crippen LogP contribution < -0.4 is 10.2 Å². The van der Waals surface area contributed by atoms with Crippen molar-refractivity contribution in [1.29, 1.82) is 0 Å². The van der Waals surface area contributed by atoms with Crippen molar-refractivity contribution >= 4 is 35.6 Å². The zero-order valence-corrected chi connectivity index (χ0v) is 19.8. The van der Waals surface area contributed by atoms with Crippen molar-refractivity contribution in [3.05, 3.63) is 29.8 Å². The maximum Gasteiger partial charge on any atom is 0.194 e. The Bertz CT molecular complexity index is 627. The molecule has 0 radical (unpaired) electrons. The summed E-state index contributed by atoms with van der Waals surface area (Å²) in [5.74, 6) is 1.00. The molecule has 0 spiro atoms. The smallest absolute Gasteiger partial charge is 0.194 e. The molecule has 0 aliphatic carbocycles. The second-order valence-corrected chi connectivity index (χ2v) is 7.48. The number of halogens is 1. The summed E-state index contributed by atoms with van der Waals surface area (Å²) in [6, 6.07) is 8.76. The van der Waals surface area contributed by atoms with Gasteiger partial charge in [-0.15, -0.1) is 24.0 Å². The molecular formula is C21H35IN4O2. The first-order valence-electron chi connectivity index (χ1n) is 10.1. The first kappa shape index (κ1) is 23.2. The van der Waals surface area contributed by atoms with Crippen LogP contribution in [-0.4, -0.2) is 76.1 Å². The highest BCUT2D eigenvalue weighted by atomic mass is 127. The van der Waals surface area contributed by atoms with E-state index in [0.717, 1.165) is 64.7 Å². The fourth-order valence-electron chi connectivity index (χ4n) is 3.82. The molecule has 0 saturated carbocycles. The molecule has 2 heterocycles. The SMILES string of the molecule is CCNC(=NCC1(OC)CCOCC1)N1CCN(c2cccc(C)c2)CC1.I. The topological polar surface area (TPSA) is 49.3 Å². The van der Waals surface area contributed by atoms with Gasteiger partial charge >= 0.3 is 0 Å². The Labute approximate surface area is 186 Å². The van der Waals surface area contributed by atoms with Gasteiger partial charge in [0.05, 0.1) is 12.1 Å². The molecule has 2 fully saturated rings. The normalized spacial score (nSPS) is 19.9. The second kappa shape index (κ2) is 11.2. The summed E-state index contributed by atoms with van der Waals surface area (Å²) in [6.45, 7) is 11.3. The number of guanidine groups is 1. The highest BCUT2D eigenvalue weighted by molar-refractivity contribution is 14.0. The summed E-state index contributed by atoms with van der Waals surface area (Å²) >= 11 is 0. The molecule has 0 bridgehead atoms. The van der Waals surface area contributed by atoms with Crippen LogP contribution in [0.1, 0.15) is 25.3 Å². The quantitative estimate of drug-likeness (QED) is 0.382. The van der Waals surface area contributed by atoms with Crippen molar-refractivity contribution in [2.24, 2.45) is 4.99 Å². The van der Waals surface area contributed by atoms with E-state index in [0.29, 0.717) is 6.54 Å². The van der Waals surface area contributed by atoms with Crippen molar-refractivity contribution in [3.63, 3.8) is 0 Å². The second-order valence-electron chi connectivity index (χ2n) is 7.48. The Balaban J connectivity index is 0.00000280. The highest BCUT2D eigenvalue weighted by Gasteiger charge is 2.32. The van der Waals surface area contributed by atoms with Crippen LogP contribution in [0.15, 0.2) is 29.3 Å². The van der Waals surface area contributed by atoms with E-state index in [4.69, 9.17) is 14.5 Å². The average molecular weight is 502 g/mol. The number of rotatable bonds is 5. The number of aliphatic imine (C=N–C) groups is 1. The van der Waals surface area contributed by atoms with Gasteiger partial charge in [-0.3, -0.25) is 4.99 Å². The van der Waals surface area contributed by atoms with Gasteiger partial charge < -0.3 is 24.6 Å². The van der Waals surface area contributed by atoms with Crippen LogP contribution in [-0.2, 0) is 9.47 Å². The van der Waals surface area contributed by atoms with Crippen molar-refractivity contribution < 1.29 is 9.47 Å². The van der Waals surface area contributed by atoms with E-state index in [1.807, 2.05) is 0 Å². The number of nitrogens with one attached hydrogen (secondary N) is 1. The number of hydrogen-bond donors (Lipinski definition) is 1. The number of piperazine rings is 1. The van der Waals surface area contributed by atoms with E-state index in [1.165, 1.54) is 11.3 Å². The molecule has 2 aliphatic heterocycles. The van der Waals surface area contributed by atoms with E-state index < -0.39 is 0 Å². The van der Waals surface area contributed by atoms with E-state index in [9.17, 15) is 0 Å². The van der Waals surface area contributed by atoms with E-state index >= 15 is 0 Å². The van der Waals surface area contributed by atoms with E-state index in [2.05, 4.69) is 53.2 Å². The summed E-state index contributed by atoms with van der Waals surface area (Å²) in [5.41, 5.74) is 2.45. The maximum atomic E-state index is 5.84. The third-order valence-corrected chi connectivity index (χ3v) is 5.63. The van der Waals surface area contributed by atoms with Gasteiger partial charge in [0, 0.05) is 71.6 Å². The Morgan fingerprint density at radius 3 is 2.54 bits per heavy atom. The van der Waals surface area contributed by atoms with Crippen LogP contribution in [0.25, 0.3) is 0 Å². The van der Waals surface area contributed by atoms with Gasteiger partial charge in [0.25, 0.3) is 0 Å². The van der Waals surface area contributed by atoms with Crippen LogP contribution in [0.2, 0.25) is 0 Å². The first-order valence-corrected chi connectivity index (χ1v) is 10.1. The number of anilines is 1. The first-order chi connectivity index (χ1) is 13.2. The highest BCUT2D eigenvalue weighted by Crippen LogP contribution is 2.25. The van der Waals surface area contributed by atoms with E-state index in [1.54, 1.807) is 7.11 Å². The van der Waals surface area contributed by atoms with E-state index in [-0.39, 0.29) is 29.6 Å². The van der Waals surface area contributed by atoms with Gasteiger partial charge in [-0.25, -0.2) is 0 Å². The molecule has 1 N–H and O–H groups in total. The van der Waals surface area contributed by atoms with Gasteiger partial charge in [-0.1, -0.05) is 12.1 Å². The molecule has 3 rings (SSSR count). The molecule has 2 aliphatic rings. The van der Waals surface area contributed by atoms with Gasteiger partial charge in [0.1, 0.15) is 0 Å². The monoisotopic (exact) mass is 502 g/mol. The minimum atomic E-state index is -0.178. The standard InChI is InChI=1S/C21H34N4O2.HI/c1-4-22-20(23-17-21(26-3)8-14-27-15-9-21)25-12-10-24(11-13-25)19-7-5-6-18(2)16-19;/h5-7,16H,4,8-15,17H2,1-3H3,(H,22,23);1H. The molecule has 0 aromatic heterocycles. The van der Waals surface area contributed by atoms with Crippen LogP contribution in [0.5, 0.6) is 0 Å². The lowest BCUT2D eigenvalue weighted by atomic mass is 9.94. The number of ether oxygens (including phenoxy) is 2. The Morgan fingerprint density at radius 1 is 1.21 bits per heavy atom. The summed E-state index contributed by atoms with van der Waals surface area (Å²) in [7, 11) is 1.80. The van der Waals surface area contributed by atoms with Crippen molar-refractivity contribution in [2.45, 2.75) is 32.3 Å². The van der Waals surface area contributed by atoms with Gasteiger partial charge in [0.2, 0.25) is 0 Å². The number of hydrogen-bond acceptors (Lipinski definition) is 4. The van der Waals surface area contributed by atoms with Crippen molar-refractivity contribution in [1.82, 2.24) is 10.2 Å². The molecule has 0 amide bonds. The molecule has 1 aromatic rings. The predicted octanol–water partition coefficient (Wildman–Crippen LogP) is 2.90. The van der Waals surface area contributed by atoms with Crippen molar-refractivity contribution in [2.75, 3.05) is 64.5 Å².